The van der Waals surface area contributed by atoms with E-state index in [9.17, 15) is 14.4 Å². The van der Waals surface area contributed by atoms with Crippen molar-refractivity contribution in [3.8, 4) is 0 Å². The second kappa shape index (κ2) is 8.26. The van der Waals surface area contributed by atoms with E-state index < -0.39 is 17.5 Å². The van der Waals surface area contributed by atoms with E-state index in [0.29, 0.717) is 11.1 Å². The maximum absolute atomic E-state index is 12.8. The predicted octanol–water partition coefficient (Wildman–Crippen LogP) is 2.57. The molecule has 0 spiro atoms. The molecule has 150 valence electrons. The number of allylic oxidation sites excluding steroid dienone is 3. The Balaban J connectivity index is 2.03. The second-order valence-electron chi connectivity index (χ2n) is 7.07. The molecular formula is C22H24N4O3. The Hall–Kier alpha value is -3.48. The zero-order valence-electron chi connectivity index (χ0n) is 16.7. The van der Waals surface area contributed by atoms with Crippen molar-refractivity contribution in [1.29, 1.82) is 0 Å². The second-order valence-corrected chi connectivity index (χ2v) is 7.07. The molecule has 3 amide bonds. The lowest BCUT2D eigenvalue weighted by molar-refractivity contribution is -0.123. The van der Waals surface area contributed by atoms with E-state index in [4.69, 9.17) is 0 Å². The largest absolute Gasteiger partial charge is 0.322 e. The van der Waals surface area contributed by atoms with Gasteiger partial charge < -0.3 is 9.88 Å². The van der Waals surface area contributed by atoms with Crippen LogP contribution in [0.3, 0.4) is 0 Å². The summed E-state index contributed by atoms with van der Waals surface area (Å²) in [5.41, 5.74) is 1.70. The monoisotopic (exact) mass is 392 g/mol. The van der Waals surface area contributed by atoms with Crippen LogP contribution in [0.15, 0.2) is 65.4 Å². The first-order valence-corrected chi connectivity index (χ1v) is 9.45. The minimum atomic E-state index is -1.33. The van der Waals surface area contributed by atoms with Crippen molar-refractivity contribution in [3.05, 3.63) is 82.1 Å². The molecule has 3 rings (SSSR count). The number of hydrogen-bond donors (Lipinski definition) is 2. The van der Waals surface area contributed by atoms with Gasteiger partial charge in [0.05, 0.1) is 6.54 Å². The Morgan fingerprint density at radius 3 is 2.62 bits per heavy atom. The van der Waals surface area contributed by atoms with Crippen molar-refractivity contribution in [3.63, 3.8) is 0 Å². The van der Waals surface area contributed by atoms with Gasteiger partial charge in [0.1, 0.15) is 0 Å². The van der Waals surface area contributed by atoms with E-state index in [2.05, 4.69) is 15.6 Å². The van der Waals surface area contributed by atoms with Crippen LogP contribution in [-0.4, -0.2) is 27.0 Å². The number of hydrogen-bond acceptors (Lipinski definition) is 4. The number of amides is 3. The average Bonchev–Trinajstić information content (AvgIpc) is 3.00. The molecule has 1 atom stereocenters. The van der Waals surface area contributed by atoms with Crippen LogP contribution in [0.4, 0.5) is 4.79 Å². The molecule has 2 aromatic rings. The minimum absolute atomic E-state index is 0.00953. The number of aryl methyl sites for hydroxylation is 1. The topological polar surface area (TPSA) is 93.1 Å². The van der Waals surface area contributed by atoms with Crippen molar-refractivity contribution < 1.29 is 9.59 Å². The zero-order valence-corrected chi connectivity index (χ0v) is 16.7. The van der Waals surface area contributed by atoms with Gasteiger partial charge in [-0.25, -0.2) is 4.79 Å². The summed E-state index contributed by atoms with van der Waals surface area (Å²) in [4.78, 5) is 41.3. The van der Waals surface area contributed by atoms with Crippen molar-refractivity contribution in [2.45, 2.75) is 39.3 Å². The lowest BCUT2D eigenvalue weighted by Gasteiger charge is -2.28. The normalized spacial score (nSPS) is 19.8. The number of nitrogens with one attached hydrogen (secondary N) is 2. The maximum Gasteiger partial charge on any atom is 0.322 e. The van der Waals surface area contributed by atoms with Crippen LogP contribution >= 0.6 is 0 Å². The summed E-state index contributed by atoms with van der Waals surface area (Å²) in [6.07, 6.45) is 9.63. The summed E-state index contributed by atoms with van der Waals surface area (Å²) < 4.78 is 1.45. The third kappa shape index (κ3) is 4.03. The molecule has 1 fully saturated rings. The van der Waals surface area contributed by atoms with Gasteiger partial charge in [-0.15, -0.1) is 0 Å². The molecule has 0 radical (unpaired) electrons. The first kappa shape index (κ1) is 20.3. The SMILES string of the molecule is CC/C(=C\C=C(/C)C1(Cn2cccc(C)c2=O)NC(=O)NC1=O)c1cccnc1. The number of imide groups is 1. The lowest BCUT2D eigenvalue weighted by Crippen LogP contribution is -2.52. The van der Waals surface area contributed by atoms with Crippen LogP contribution in [0.5, 0.6) is 0 Å². The highest BCUT2D eigenvalue weighted by Crippen LogP contribution is 2.25. The van der Waals surface area contributed by atoms with Gasteiger partial charge in [0, 0.05) is 24.2 Å². The molecule has 1 saturated heterocycles. The summed E-state index contributed by atoms with van der Waals surface area (Å²) >= 11 is 0. The smallest absolute Gasteiger partial charge is 0.318 e. The summed E-state index contributed by atoms with van der Waals surface area (Å²) in [6.45, 7) is 5.54. The molecule has 29 heavy (non-hydrogen) atoms. The van der Waals surface area contributed by atoms with E-state index >= 15 is 0 Å². The third-order valence-electron chi connectivity index (χ3n) is 5.18. The van der Waals surface area contributed by atoms with Crippen molar-refractivity contribution >= 4 is 17.5 Å². The number of urea groups is 1. The van der Waals surface area contributed by atoms with Gasteiger partial charge in [-0.3, -0.25) is 19.9 Å². The molecule has 0 aliphatic carbocycles. The van der Waals surface area contributed by atoms with E-state index in [1.165, 1.54) is 4.57 Å². The molecule has 3 heterocycles. The highest BCUT2D eigenvalue weighted by Gasteiger charge is 2.48. The third-order valence-corrected chi connectivity index (χ3v) is 5.18. The number of carbonyl (C=O) groups is 2. The molecule has 1 unspecified atom stereocenters. The van der Waals surface area contributed by atoms with Crippen molar-refractivity contribution in [1.82, 2.24) is 20.2 Å². The quantitative estimate of drug-likeness (QED) is 0.584. The van der Waals surface area contributed by atoms with Gasteiger partial charge >= 0.3 is 6.03 Å². The van der Waals surface area contributed by atoms with Gasteiger partial charge in [-0.2, -0.15) is 0 Å². The number of pyridine rings is 2. The lowest BCUT2D eigenvalue weighted by atomic mass is 9.89. The first-order valence-electron chi connectivity index (χ1n) is 9.45. The molecule has 2 N–H and O–H groups in total. The molecule has 2 aromatic heterocycles. The number of carbonyl (C=O) groups excluding carboxylic acids is 2. The van der Waals surface area contributed by atoms with Gasteiger partial charge in [-0.1, -0.05) is 31.2 Å². The Morgan fingerprint density at radius 2 is 2.00 bits per heavy atom. The van der Waals surface area contributed by atoms with Crippen molar-refractivity contribution in [2.24, 2.45) is 0 Å². The molecule has 1 aliphatic heterocycles. The highest BCUT2D eigenvalue weighted by molar-refractivity contribution is 6.09. The van der Waals surface area contributed by atoms with Crippen LogP contribution in [0.25, 0.3) is 5.57 Å². The molecule has 0 saturated carbocycles. The van der Waals surface area contributed by atoms with Gasteiger partial charge in [0.2, 0.25) is 0 Å². The number of aromatic nitrogens is 2. The van der Waals surface area contributed by atoms with Gasteiger partial charge in [0.15, 0.2) is 5.54 Å². The molecule has 1 aliphatic rings. The summed E-state index contributed by atoms with van der Waals surface area (Å²) in [5, 5.41) is 5.02. The van der Waals surface area contributed by atoms with E-state index in [0.717, 1.165) is 17.6 Å². The fourth-order valence-electron chi connectivity index (χ4n) is 3.38. The van der Waals surface area contributed by atoms with Crippen molar-refractivity contribution in [2.75, 3.05) is 0 Å². The molecule has 7 heteroatoms. The van der Waals surface area contributed by atoms with E-state index in [1.807, 2.05) is 31.2 Å². The van der Waals surface area contributed by atoms with Crippen LogP contribution < -0.4 is 16.2 Å². The standard InChI is InChI=1S/C22H24N4O3/c1-4-17(18-8-5-11-23-13-18)10-9-16(3)22(20(28)24-21(29)25-22)14-26-12-6-7-15(2)19(26)27/h5-13H,4,14H2,1-3H3,(H2,24,25,28,29)/b16-9+,17-10+. The Labute approximate surface area is 169 Å². The molecule has 0 aromatic carbocycles. The number of rotatable bonds is 6. The molecule has 7 nitrogen and oxygen atoms in total. The van der Waals surface area contributed by atoms with E-state index in [-0.39, 0.29) is 12.1 Å². The zero-order chi connectivity index (χ0) is 21.0. The van der Waals surface area contributed by atoms with Gasteiger partial charge in [0.25, 0.3) is 11.5 Å². The summed E-state index contributed by atoms with van der Waals surface area (Å²) in [7, 11) is 0. The average molecular weight is 392 g/mol. The van der Waals surface area contributed by atoms with Crippen LogP contribution in [0, 0.1) is 6.92 Å². The Bertz CT molecular complexity index is 1050. The maximum atomic E-state index is 12.8. The fourth-order valence-corrected chi connectivity index (χ4v) is 3.38. The first-order chi connectivity index (χ1) is 13.9. The summed E-state index contributed by atoms with van der Waals surface area (Å²) in [6, 6.07) is 6.72. The fraction of sp³-hybridized carbons (Fsp3) is 0.273. The molecule has 0 bridgehead atoms. The minimum Gasteiger partial charge on any atom is -0.318 e. The molecular weight excluding hydrogens is 368 g/mol. The summed E-state index contributed by atoms with van der Waals surface area (Å²) in [5.74, 6) is -0.475. The predicted molar refractivity (Wildman–Crippen MR) is 111 cm³/mol. The van der Waals surface area contributed by atoms with Crippen LogP contribution in [0.2, 0.25) is 0 Å². The highest BCUT2D eigenvalue weighted by atomic mass is 16.2. The Kier molecular flexibility index (Phi) is 5.77. The van der Waals surface area contributed by atoms with E-state index in [1.54, 1.807) is 44.6 Å². The van der Waals surface area contributed by atoms with Crippen LogP contribution in [0.1, 0.15) is 31.4 Å². The van der Waals surface area contributed by atoms with Crippen LogP contribution in [-0.2, 0) is 11.3 Å². The van der Waals surface area contributed by atoms with Gasteiger partial charge in [-0.05, 0) is 49.1 Å². The number of nitrogens with zero attached hydrogens (tertiary/aromatic N) is 2. The Morgan fingerprint density at radius 1 is 1.21 bits per heavy atom.